The van der Waals surface area contributed by atoms with Crippen molar-refractivity contribution in [2.45, 2.75) is 31.8 Å². The first-order chi connectivity index (χ1) is 11.8. The molecule has 1 saturated carbocycles. The van der Waals surface area contributed by atoms with Gasteiger partial charge in [0.15, 0.2) is 0 Å². The summed E-state index contributed by atoms with van der Waals surface area (Å²) in [6.07, 6.45) is 1.51. The van der Waals surface area contributed by atoms with Crippen LogP contribution >= 0.6 is 11.6 Å². The highest BCUT2D eigenvalue weighted by molar-refractivity contribution is 6.34. The number of nitrogens with one attached hydrogen (secondary N) is 2. The molecule has 1 aromatic carbocycles. The molecule has 0 saturated heterocycles. The Labute approximate surface area is 152 Å². The highest BCUT2D eigenvalue weighted by Gasteiger charge is 2.34. The lowest BCUT2D eigenvalue weighted by atomic mass is 9.85. The van der Waals surface area contributed by atoms with Gasteiger partial charge in [-0.2, -0.15) is 0 Å². The Hall–Kier alpha value is -1.99. The van der Waals surface area contributed by atoms with E-state index >= 15 is 0 Å². The minimum absolute atomic E-state index is 0.0365. The van der Waals surface area contributed by atoms with Crippen LogP contribution in [-0.2, 0) is 4.79 Å². The Morgan fingerprint density at radius 3 is 2.56 bits per heavy atom. The highest BCUT2D eigenvalue weighted by atomic mass is 35.5. The van der Waals surface area contributed by atoms with E-state index in [1.165, 1.54) is 0 Å². The molecule has 2 rings (SSSR count). The third-order valence-electron chi connectivity index (χ3n) is 4.39. The number of carbonyl (C=O) groups excluding carboxylic acids is 1. The Kier molecular flexibility index (Phi) is 6.50. The summed E-state index contributed by atoms with van der Waals surface area (Å²) >= 11 is 6.20. The Morgan fingerprint density at radius 2 is 2.00 bits per heavy atom. The van der Waals surface area contributed by atoms with Crippen LogP contribution in [0.4, 0.5) is 16.2 Å². The summed E-state index contributed by atoms with van der Waals surface area (Å²) in [6, 6.07) is 5.34. The quantitative estimate of drug-likeness (QED) is 0.688. The fourth-order valence-corrected chi connectivity index (χ4v) is 3.43. The van der Waals surface area contributed by atoms with Gasteiger partial charge >= 0.3 is 12.0 Å². The number of carboxylic acids is 1. The fourth-order valence-electron chi connectivity index (χ4n) is 3.09. The van der Waals surface area contributed by atoms with Crippen molar-refractivity contribution in [3.05, 3.63) is 23.2 Å². The number of urea groups is 1. The van der Waals surface area contributed by atoms with E-state index in [-0.39, 0.29) is 24.7 Å². The summed E-state index contributed by atoms with van der Waals surface area (Å²) in [5.41, 5.74) is 1.40. The van der Waals surface area contributed by atoms with E-state index < -0.39 is 5.97 Å². The molecule has 1 fully saturated rings. The van der Waals surface area contributed by atoms with Crippen molar-refractivity contribution < 1.29 is 14.7 Å². The molecule has 0 aliphatic heterocycles. The van der Waals surface area contributed by atoms with Gasteiger partial charge in [0.1, 0.15) is 0 Å². The molecule has 7 nitrogen and oxygen atoms in total. The van der Waals surface area contributed by atoms with E-state index in [9.17, 15) is 9.59 Å². The van der Waals surface area contributed by atoms with Crippen LogP contribution in [0.1, 0.15) is 19.8 Å². The number of likely N-dealkylation sites (N-methyl/N-ethyl adjacent to an activating group) is 1. The SMILES string of the molecule is CCN(CC(=O)O)C1CC(NC(=O)Nc2cccc(Cl)c2N(C)C)C1. The number of halogens is 1. The van der Waals surface area contributed by atoms with Gasteiger partial charge in [-0.3, -0.25) is 9.69 Å². The van der Waals surface area contributed by atoms with Gasteiger partial charge in [0.2, 0.25) is 0 Å². The summed E-state index contributed by atoms with van der Waals surface area (Å²) in [6.45, 7) is 2.66. The molecular formula is C17H25ClN4O3. The summed E-state index contributed by atoms with van der Waals surface area (Å²) < 4.78 is 0. The van der Waals surface area contributed by atoms with Crippen molar-refractivity contribution >= 4 is 35.0 Å². The van der Waals surface area contributed by atoms with Crippen molar-refractivity contribution in [1.29, 1.82) is 0 Å². The Morgan fingerprint density at radius 1 is 1.32 bits per heavy atom. The zero-order chi connectivity index (χ0) is 18.6. The van der Waals surface area contributed by atoms with Crippen LogP contribution in [-0.4, -0.2) is 61.3 Å². The number of hydrogen-bond acceptors (Lipinski definition) is 4. The summed E-state index contributed by atoms with van der Waals surface area (Å²) in [7, 11) is 3.73. The number of hydrogen-bond donors (Lipinski definition) is 3. The number of nitrogens with zero attached hydrogens (tertiary/aromatic N) is 2. The number of anilines is 2. The monoisotopic (exact) mass is 368 g/mol. The van der Waals surface area contributed by atoms with Crippen LogP contribution in [0.15, 0.2) is 18.2 Å². The van der Waals surface area contributed by atoms with E-state index in [1.54, 1.807) is 18.2 Å². The molecule has 25 heavy (non-hydrogen) atoms. The molecule has 0 radical (unpaired) electrons. The van der Waals surface area contributed by atoms with E-state index in [4.69, 9.17) is 16.7 Å². The number of carboxylic acid groups (broad SMARTS) is 1. The van der Waals surface area contributed by atoms with E-state index in [1.807, 2.05) is 30.8 Å². The van der Waals surface area contributed by atoms with Gasteiger partial charge in [-0.1, -0.05) is 24.6 Å². The third-order valence-corrected chi connectivity index (χ3v) is 4.70. The van der Waals surface area contributed by atoms with Gasteiger partial charge in [-0.25, -0.2) is 4.79 Å². The second-order valence-electron chi connectivity index (χ2n) is 6.41. The van der Waals surface area contributed by atoms with Crippen molar-refractivity contribution in [2.75, 3.05) is 37.4 Å². The molecule has 2 amide bonds. The lowest BCUT2D eigenvalue weighted by Gasteiger charge is -2.42. The molecule has 1 aromatic rings. The second kappa shape index (κ2) is 8.40. The first kappa shape index (κ1) is 19.3. The standard InChI is InChI=1S/C17H25ClN4O3/c1-4-22(10-15(23)24)12-8-11(9-12)19-17(25)20-14-7-5-6-13(18)16(14)21(2)3/h5-7,11-12H,4,8-10H2,1-3H3,(H,23,24)(H2,19,20,25). The normalized spacial score (nSPS) is 19.2. The molecule has 0 heterocycles. The van der Waals surface area contributed by atoms with E-state index in [0.717, 1.165) is 18.5 Å². The first-order valence-electron chi connectivity index (χ1n) is 8.31. The topological polar surface area (TPSA) is 84.9 Å². The molecule has 0 bridgehead atoms. The van der Waals surface area contributed by atoms with Crippen LogP contribution < -0.4 is 15.5 Å². The van der Waals surface area contributed by atoms with Crippen molar-refractivity contribution in [2.24, 2.45) is 0 Å². The van der Waals surface area contributed by atoms with Crippen LogP contribution in [0.2, 0.25) is 5.02 Å². The largest absolute Gasteiger partial charge is 0.480 e. The van der Waals surface area contributed by atoms with Crippen molar-refractivity contribution in [3.63, 3.8) is 0 Å². The first-order valence-corrected chi connectivity index (χ1v) is 8.68. The second-order valence-corrected chi connectivity index (χ2v) is 6.82. The minimum atomic E-state index is -0.826. The summed E-state index contributed by atoms with van der Waals surface area (Å²) in [5.74, 6) is -0.826. The predicted octanol–water partition coefficient (Wildman–Crippen LogP) is 2.46. The number of benzene rings is 1. The van der Waals surface area contributed by atoms with E-state index in [2.05, 4.69) is 10.6 Å². The van der Waals surface area contributed by atoms with Crippen LogP contribution in [0, 0.1) is 0 Å². The number of aliphatic carboxylic acids is 1. The number of carbonyl (C=O) groups is 2. The van der Waals surface area contributed by atoms with Gasteiger partial charge < -0.3 is 20.6 Å². The number of amides is 2. The maximum atomic E-state index is 12.2. The fraction of sp³-hybridized carbons (Fsp3) is 0.529. The van der Waals surface area contributed by atoms with Crippen molar-refractivity contribution in [1.82, 2.24) is 10.2 Å². The van der Waals surface area contributed by atoms with E-state index in [0.29, 0.717) is 17.3 Å². The minimum Gasteiger partial charge on any atom is -0.480 e. The summed E-state index contributed by atoms with van der Waals surface area (Å²) in [5, 5.41) is 15.2. The van der Waals surface area contributed by atoms with Gasteiger partial charge in [0, 0.05) is 26.2 Å². The molecule has 3 N–H and O–H groups in total. The van der Waals surface area contributed by atoms with Gasteiger partial charge in [0.25, 0.3) is 0 Å². The molecule has 8 heteroatoms. The Bertz CT molecular complexity index is 632. The zero-order valence-electron chi connectivity index (χ0n) is 14.8. The van der Waals surface area contributed by atoms with Crippen molar-refractivity contribution in [3.8, 4) is 0 Å². The molecule has 138 valence electrons. The number of rotatable bonds is 7. The van der Waals surface area contributed by atoms with Crippen LogP contribution in [0.3, 0.4) is 0 Å². The summed E-state index contributed by atoms with van der Waals surface area (Å²) in [4.78, 5) is 26.9. The number of para-hydroxylation sites is 1. The van der Waals surface area contributed by atoms with Gasteiger partial charge in [-0.15, -0.1) is 0 Å². The molecule has 0 aromatic heterocycles. The smallest absolute Gasteiger partial charge is 0.319 e. The average Bonchev–Trinajstić information content (AvgIpc) is 2.48. The lowest BCUT2D eigenvalue weighted by molar-refractivity contribution is -0.139. The molecule has 1 aliphatic carbocycles. The zero-order valence-corrected chi connectivity index (χ0v) is 15.5. The van der Waals surface area contributed by atoms with Crippen LogP contribution in [0.5, 0.6) is 0 Å². The third kappa shape index (κ3) is 4.99. The van der Waals surface area contributed by atoms with Crippen LogP contribution in [0.25, 0.3) is 0 Å². The maximum Gasteiger partial charge on any atom is 0.319 e. The maximum absolute atomic E-state index is 12.2. The van der Waals surface area contributed by atoms with Gasteiger partial charge in [-0.05, 0) is 31.5 Å². The molecule has 0 atom stereocenters. The molecular weight excluding hydrogens is 344 g/mol. The molecule has 0 spiro atoms. The Balaban J connectivity index is 1.87. The predicted molar refractivity (Wildman–Crippen MR) is 99.6 cm³/mol. The van der Waals surface area contributed by atoms with Gasteiger partial charge in [0.05, 0.1) is 22.9 Å². The molecule has 0 unspecified atom stereocenters. The average molecular weight is 369 g/mol. The molecule has 1 aliphatic rings. The highest BCUT2D eigenvalue weighted by Crippen LogP contribution is 2.32. The lowest BCUT2D eigenvalue weighted by Crippen LogP contribution is -2.55.